The third-order valence-electron chi connectivity index (χ3n) is 4.84. The minimum atomic E-state index is 0.429. The Labute approximate surface area is 132 Å². The number of rotatable bonds is 6. The molecule has 1 N–H and O–H groups in total. The molecule has 0 amide bonds. The molecule has 3 unspecified atom stereocenters. The minimum absolute atomic E-state index is 0.429. The van der Waals surface area contributed by atoms with Crippen LogP contribution in [-0.4, -0.2) is 43.3 Å². The Hall–Kier alpha value is -0.420. The standard InChI is InChI=1S/C17H28N2OS/c1-3-8-18-11-14-4-5-15(20-14)12-19-9-6-17-16(13(19)2)7-10-21-17/h7,10,13-15,18H,3-6,8-9,11-12H2,1-2H3. The SMILES string of the molecule is CCCNCC1CCC(CN2CCc3sccc3C2C)O1. The lowest BCUT2D eigenvalue weighted by Gasteiger charge is -2.35. The number of nitrogens with one attached hydrogen (secondary N) is 1. The zero-order valence-corrected chi connectivity index (χ0v) is 14.1. The fraction of sp³-hybridized carbons (Fsp3) is 0.765. The zero-order valence-electron chi connectivity index (χ0n) is 13.3. The van der Waals surface area contributed by atoms with E-state index in [-0.39, 0.29) is 0 Å². The molecule has 2 aliphatic rings. The van der Waals surface area contributed by atoms with Crippen LogP contribution in [0.3, 0.4) is 0 Å². The first kappa shape index (κ1) is 15.5. The van der Waals surface area contributed by atoms with Crippen molar-refractivity contribution in [3.8, 4) is 0 Å². The van der Waals surface area contributed by atoms with Gasteiger partial charge in [0.15, 0.2) is 0 Å². The van der Waals surface area contributed by atoms with E-state index in [0.717, 1.165) is 19.6 Å². The maximum Gasteiger partial charge on any atom is 0.0707 e. The van der Waals surface area contributed by atoms with E-state index >= 15 is 0 Å². The van der Waals surface area contributed by atoms with Crippen molar-refractivity contribution in [2.45, 2.75) is 57.8 Å². The van der Waals surface area contributed by atoms with Crippen LogP contribution in [-0.2, 0) is 11.2 Å². The average molecular weight is 308 g/mol. The molecule has 0 spiro atoms. The van der Waals surface area contributed by atoms with Crippen LogP contribution in [0.1, 0.15) is 49.6 Å². The summed E-state index contributed by atoms with van der Waals surface area (Å²) in [5.41, 5.74) is 1.55. The lowest BCUT2D eigenvalue weighted by Crippen LogP contribution is -2.39. The number of hydrogen-bond acceptors (Lipinski definition) is 4. The van der Waals surface area contributed by atoms with Gasteiger partial charge in [0.25, 0.3) is 0 Å². The van der Waals surface area contributed by atoms with Crippen LogP contribution in [0.2, 0.25) is 0 Å². The van der Waals surface area contributed by atoms with Crippen LogP contribution in [0, 0.1) is 0 Å². The van der Waals surface area contributed by atoms with Crippen molar-refractivity contribution >= 4 is 11.3 Å². The lowest BCUT2D eigenvalue weighted by atomic mass is 10.0. The van der Waals surface area contributed by atoms with E-state index in [1.807, 2.05) is 11.3 Å². The van der Waals surface area contributed by atoms with Crippen molar-refractivity contribution in [2.24, 2.45) is 0 Å². The van der Waals surface area contributed by atoms with Gasteiger partial charge in [-0.3, -0.25) is 4.90 Å². The maximum absolute atomic E-state index is 6.23. The van der Waals surface area contributed by atoms with Gasteiger partial charge in [0.05, 0.1) is 12.2 Å². The molecule has 1 saturated heterocycles. The van der Waals surface area contributed by atoms with E-state index in [1.165, 1.54) is 32.2 Å². The van der Waals surface area contributed by atoms with Gasteiger partial charge in [0, 0.05) is 30.6 Å². The smallest absolute Gasteiger partial charge is 0.0707 e. The summed E-state index contributed by atoms with van der Waals surface area (Å²) in [6.07, 6.45) is 5.71. The molecule has 1 fully saturated rings. The minimum Gasteiger partial charge on any atom is -0.372 e. The monoisotopic (exact) mass is 308 g/mol. The number of thiophene rings is 1. The van der Waals surface area contributed by atoms with Gasteiger partial charge in [-0.1, -0.05) is 6.92 Å². The summed E-state index contributed by atoms with van der Waals surface area (Å²) in [5.74, 6) is 0. The molecule has 3 rings (SSSR count). The molecule has 1 aromatic heterocycles. The second-order valence-electron chi connectivity index (χ2n) is 6.38. The first-order valence-corrected chi connectivity index (χ1v) is 9.32. The van der Waals surface area contributed by atoms with E-state index in [1.54, 1.807) is 10.4 Å². The first-order valence-electron chi connectivity index (χ1n) is 8.44. The van der Waals surface area contributed by atoms with E-state index in [9.17, 15) is 0 Å². The molecule has 0 bridgehead atoms. The Kier molecular flexibility index (Phi) is 5.33. The quantitative estimate of drug-likeness (QED) is 0.817. The van der Waals surface area contributed by atoms with Crippen molar-refractivity contribution < 1.29 is 4.74 Å². The summed E-state index contributed by atoms with van der Waals surface area (Å²) >= 11 is 1.92. The first-order chi connectivity index (χ1) is 10.3. The fourth-order valence-corrected chi connectivity index (χ4v) is 4.54. The normalized spacial score (nSPS) is 29.7. The highest BCUT2D eigenvalue weighted by Crippen LogP contribution is 2.33. The Morgan fingerprint density at radius 1 is 1.38 bits per heavy atom. The maximum atomic E-state index is 6.23. The molecular formula is C17H28N2OS. The van der Waals surface area contributed by atoms with Crippen LogP contribution in [0.4, 0.5) is 0 Å². The number of ether oxygens (including phenoxy) is 1. The van der Waals surface area contributed by atoms with E-state index in [2.05, 4.69) is 35.5 Å². The highest BCUT2D eigenvalue weighted by Gasteiger charge is 2.30. The molecular weight excluding hydrogens is 280 g/mol. The summed E-state index contributed by atoms with van der Waals surface area (Å²) < 4.78 is 6.23. The van der Waals surface area contributed by atoms with Crippen LogP contribution in [0.5, 0.6) is 0 Å². The molecule has 3 heterocycles. The van der Waals surface area contributed by atoms with Gasteiger partial charge in [-0.05, 0) is 56.2 Å². The highest BCUT2D eigenvalue weighted by molar-refractivity contribution is 7.10. The van der Waals surface area contributed by atoms with Gasteiger partial charge in [-0.2, -0.15) is 0 Å². The van der Waals surface area contributed by atoms with E-state index < -0.39 is 0 Å². The molecule has 118 valence electrons. The second-order valence-corrected chi connectivity index (χ2v) is 7.38. The van der Waals surface area contributed by atoms with Gasteiger partial charge in [-0.15, -0.1) is 11.3 Å². The second kappa shape index (κ2) is 7.23. The highest BCUT2D eigenvalue weighted by atomic mass is 32.1. The number of fused-ring (bicyclic) bond motifs is 1. The third kappa shape index (κ3) is 3.67. The van der Waals surface area contributed by atoms with Gasteiger partial charge < -0.3 is 10.1 Å². The van der Waals surface area contributed by atoms with Crippen LogP contribution < -0.4 is 5.32 Å². The zero-order chi connectivity index (χ0) is 14.7. The predicted molar refractivity (Wildman–Crippen MR) is 89.1 cm³/mol. The Morgan fingerprint density at radius 2 is 2.24 bits per heavy atom. The topological polar surface area (TPSA) is 24.5 Å². The summed E-state index contributed by atoms with van der Waals surface area (Å²) in [7, 11) is 0. The molecule has 3 nitrogen and oxygen atoms in total. The molecule has 0 saturated carbocycles. The predicted octanol–water partition coefficient (Wildman–Crippen LogP) is 3.21. The summed E-state index contributed by atoms with van der Waals surface area (Å²) in [5, 5.41) is 5.72. The average Bonchev–Trinajstić information content (AvgIpc) is 3.12. The molecule has 21 heavy (non-hydrogen) atoms. The van der Waals surface area contributed by atoms with Crippen LogP contribution >= 0.6 is 11.3 Å². The Morgan fingerprint density at radius 3 is 3.10 bits per heavy atom. The van der Waals surface area contributed by atoms with Crippen LogP contribution in [0.25, 0.3) is 0 Å². The molecule has 0 aromatic carbocycles. The Bertz CT molecular complexity index is 448. The van der Waals surface area contributed by atoms with Crippen LogP contribution in [0.15, 0.2) is 11.4 Å². The van der Waals surface area contributed by atoms with E-state index in [4.69, 9.17) is 4.74 Å². The van der Waals surface area contributed by atoms with Crippen molar-refractivity contribution in [1.82, 2.24) is 10.2 Å². The molecule has 1 aromatic rings. The van der Waals surface area contributed by atoms with Crippen molar-refractivity contribution in [2.75, 3.05) is 26.2 Å². The van der Waals surface area contributed by atoms with Gasteiger partial charge >= 0.3 is 0 Å². The number of nitrogens with zero attached hydrogens (tertiary/aromatic N) is 1. The van der Waals surface area contributed by atoms with Gasteiger partial charge in [0.2, 0.25) is 0 Å². The molecule has 0 aliphatic carbocycles. The molecule has 2 aliphatic heterocycles. The number of hydrogen-bond donors (Lipinski definition) is 1. The molecule has 0 radical (unpaired) electrons. The summed E-state index contributed by atoms with van der Waals surface area (Å²) in [6.45, 7) is 8.97. The fourth-order valence-electron chi connectivity index (χ4n) is 3.58. The van der Waals surface area contributed by atoms with Crippen molar-refractivity contribution in [1.29, 1.82) is 0 Å². The lowest BCUT2D eigenvalue weighted by molar-refractivity contribution is 0.0143. The van der Waals surface area contributed by atoms with Crippen molar-refractivity contribution in [3.63, 3.8) is 0 Å². The molecule has 4 heteroatoms. The summed E-state index contributed by atoms with van der Waals surface area (Å²) in [4.78, 5) is 4.20. The third-order valence-corrected chi connectivity index (χ3v) is 5.83. The largest absolute Gasteiger partial charge is 0.372 e. The molecule has 3 atom stereocenters. The summed E-state index contributed by atoms with van der Waals surface area (Å²) in [6, 6.07) is 2.87. The van der Waals surface area contributed by atoms with Crippen molar-refractivity contribution in [3.05, 3.63) is 21.9 Å². The van der Waals surface area contributed by atoms with E-state index in [0.29, 0.717) is 18.2 Å². The van der Waals surface area contributed by atoms with Gasteiger partial charge in [0.1, 0.15) is 0 Å². The Balaban J connectivity index is 1.47. The van der Waals surface area contributed by atoms with Gasteiger partial charge in [-0.25, -0.2) is 0 Å².